The molecule has 1 atom stereocenters. The molecule has 3 nitrogen and oxygen atoms in total. The molecule has 0 fully saturated rings. The minimum Gasteiger partial charge on any atom is -0.330 e. The van der Waals surface area contributed by atoms with Gasteiger partial charge in [-0.05, 0) is 89.7 Å². The van der Waals surface area contributed by atoms with E-state index in [2.05, 4.69) is 17.4 Å². The van der Waals surface area contributed by atoms with Gasteiger partial charge in [-0.2, -0.15) is 0 Å². The molecule has 3 rings (SSSR count). The quantitative estimate of drug-likeness (QED) is 0.349. The van der Waals surface area contributed by atoms with Crippen LogP contribution in [0.4, 0.5) is 8.78 Å². The zero-order valence-corrected chi connectivity index (χ0v) is 20.0. The summed E-state index contributed by atoms with van der Waals surface area (Å²) in [6.07, 6.45) is 1.80. The average molecular weight is 505 g/mol. The Bertz CT molecular complexity index is 859. The Morgan fingerprint density at radius 3 is 1.62 bits per heavy atom. The summed E-state index contributed by atoms with van der Waals surface area (Å²) in [5.74, 6) is -0.534. The predicted octanol–water partition coefficient (Wildman–Crippen LogP) is 5.72. The first-order valence-electron chi connectivity index (χ1n) is 9.87. The van der Waals surface area contributed by atoms with Gasteiger partial charge in [0.1, 0.15) is 11.6 Å². The molecule has 0 radical (unpaired) electrons. The van der Waals surface area contributed by atoms with Crippen molar-refractivity contribution < 1.29 is 8.78 Å². The van der Waals surface area contributed by atoms with Crippen molar-refractivity contribution in [3.63, 3.8) is 0 Å². The van der Waals surface area contributed by atoms with Gasteiger partial charge in [-0.25, -0.2) is 8.78 Å². The van der Waals surface area contributed by atoms with Gasteiger partial charge in [0.2, 0.25) is 0 Å². The van der Waals surface area contributed by atoms with Gasteiger partial charge in [0.05, 0.1) is 0 Å². The SMILES string of the molecule is Cl.Cl.Cl.NCCC[C@H](N)CNCc1cc(-c2ccc(F)cc2)cc(-c2ccc(F)cc2)c1. The van der Waals surface area contributed by atoms with E-state index in [4.69, 9.17) is 11.5 Å². The van der Waals surface area contributed by atoms with Crippen molar-refractivity contribution in [1.29, 1.82) is 0 Å². The third-order valence-corrected chi connectivity index (χ3v) is 4.86. The summed E-state index contributed by atoms with van der Waals surface area (Å²) in [6.45, 7) is 2.00. The summed E-state index contributed by atoms with van der Waals surface area (Å²) in [5.41, 5.74) is 16.5. The Morgan fingerprint density at radius 1 is 0.719 bits per heavy atom. The molecule has 0 saturated heterocycles. The lowest BCUT2D eigenvalue weighted by atomic mass is 9.96. The van der Waals surface area contributed by atoms with Crippen LogP contribution in [-0.2, 0) is 6.54 Å². The summed E-state index contributed by atoms with van der Waals surface area (Å²) in [6, 6.07) is 19.1. The van der Waals surface area contributed by atoms with Crippen molar-refractivity contribution in [2.24, 2.45) is 11.5 Å². The molecule has 0 saturated carbocycles. The minimum atomic E-state index is -0.267. The first-order valence-corrected chi connectivity index (χ1v) is 9.87. The Morgan fingerprint density at radius 2 is 1.19 bits per heavy atom. The molecule has 0 aliphatic heterocycles. The molecular formula is C24H30Cl3F2N3. The van der Waals surface area contributed by atoms with E-state index in [-0.39, 0.29) is 54.9 Å². The van der Waals surface area contributed by atoms with Crippen molar-refractivity contribution in [3.05, 3.63) is 83.9 Å². The molecule has 176 valence electrons. The summed E-state index contributed by atoms with van der Waals surface area (Å²) < 4.78 is 26.7. The average Bonchev–Trinajstić information content (AvgIpc) is 2.73. The second-order valence-corrected chi connectivity index (χ2v) is 7.25. The van der Waals surface area contributed by atoms with Crippen LogP contribution in [0.25, 0.3) is 22.3 Å². The highest BCUT2D eigenvalue weighted by Crippen LogP contribution is 2.29. The van der Waals surface area contributed by atoms with Gasteiger partial charge in [-0.3, -0.25) is 0 Å². The normalized spacial score (nSPS) is 11.0. The highest BCUT2D eigenvalue weighted by molar-refractivity contribution is 5.86. The van der Waals surface area contributed by atoms with Gasteiger partial charge in [-0.1, -0.05) is 24.3 Å². The van der Waals surface area contributed by atoms with Gasteiger partial charge in [0.15, 0.2) is 0 Å². The Labute approximate surface area is 207 Å². The number of rotatable bonds is 9. The van der Waals surface area contributed by atoms with Crippen LogP contribution in [-0.4, -0.2) is 19.1 Å². The van der Waals surface area contributed by atoms with Crippen molar-refractivity contribution in [2.45, 2.75) is 25.4 Å². The van der Waals surface area contributed by atoms with Gasteiger partial charge < -0.3 is 16.8 Å². The number of nitrogens with two attached hydrogens (primary N) is 2. The third kappa shape index (κ3) is 9.02. The number of hydrogen-bond donors (Lipinski definition) is 3. The van der Waals surface area contributed by atoms with E-state index in [1.54, 1.807) is 24.3 Å². The fourth-order valence-corrected chi connectivity index (χ4v) is 3.30. The predicted molar refractivity (Wildman–Crippen MR) is 137 cm³/mol. The fourth-order valence-electron chi connectivity index (χ4n) is 3.30. The lowest BCUT2D eigenvalue weighted by Gasteiger charge is -2.14. The molecule has 3 aromatic rings. The van der Waals surface area contributed by atoms with E-state index in [1.807, 2.05) is 6.07 Å². The van der Waals surface area contributed by atoms with Gasteiger partial charge in [0.25, 0.3) is 0 Å². The number of hydrogen-bond acceptors (Lipinski definition) is 3. The number of benzene rings is 3. The van der Waals surface area contributed by atoms with Crippen LogP contribution in [0.3, 0.4) is 0 Å². The maximum absolute atomic E-state index is 13.3. The summed E-state index contributed by atoms with van der Waals surface area (Å²) in [7, 11) is 0. The standard InChI is InChI=1S/C24H27F2N3.3ClH/c25-22-7-3-18(4-8-22)20-12-17(15-29-16-24(28)2-1-11-27)13-21(14-20)19-5-9-23(26)10-6-19;;;/h3-10,12-14,24,29H,1-2,11,15-16,27-28H2;3*1H/t24-;;;/m0.../s1. The van der Waals surface area contributed by atoms with Crippen LogP contribution in [0.15, 0.2) is 66.7 Å². The fraction of sp³-hybridized carbons (Fsp3) is 0.250. The monoisotopic (exact) mass is 503 g/mol. The Hall–Kier alpha value is -1.73. The Balaban J connectivity index is 0.00000320. The zero-order valence-electron chi connectivity index (χ0n) is 17.6. The summed E-state index contributed by atoms with van der Waals surface area (Å²) in [4.78, 5) is 0. The molecule has 0 aromatic heterocycles. The molecule has 3 aromatic carbocycles. The van der Waals surface area contributed by atoms with E-state index in [1.165, 1.54) is 24.3 Å². The van der Waals surface area contributed by atoms with Gasteiger partial charge in [-0.15, -0.1) is 37.2 Å². The van der Waals surface area contributed by atoms with E-state index in [0.29, 0.717) is 19.6 Å². The molecule has 0 spiro atoms. The largest absolute Gasteiger partial charge is 0.330 e. The van der Waals surface area contributed by atoms with Crippen molar-refractivity contribution in [1.82, 2.24) is 5.32 Å². The van der Waals surface area contributed by atoms with Crippen LogP contribution < -0.4 is 16.8 Å². The van der Waals surface area contributed by atoms with Crippen molar-refractivity contribution >= 4 is 37.2 Å². The molecule has 0 amide bonds. The third-order valence-electron chi connectivity index (χ3n) is 4.86. The lowest BCUT2D eigenvalue weighted by Crippen LogP contribution is -2.33. The maximum atomic E-state index is 13.3. The first-order chi connectivity index (χ1) is 14.0. The summed E-state index contributed by atoms with van der Waals surface area (Å²) in [5, 5.41) is 3.40. The summed E-state index contributed by atoms with van der Waals surface area (Å²) >= 11 is 0. The van der Waals surface area contributed by atoms with E-state index >= 15 is 0 Å². The number of halogens is 5. The molecule has 0 aliphatic carbocycles. The van der Waals surface area contributed by atoms with Crippen molar-refractivity contribution in [2.75, 3.05) is 13.1 Å². The smallest absolute Gasteiger partial charge is 0.123 e. The van der Waals surface area contributed by atoms with Crippen LogP contribution in [0.1, 0.15) is 18.4 Å². The topological polar surface area (TPSA) is 64.1 Å². The number of nitrogens with one attached hydrogen (secondary N) is 1. The van der Waals surface area contributed by atoms with Gasteiger partial charge in [0, 0.05) is 19.1 Å². The van der Waals surface area contributed by atoms with E-state index < -0.39 is 0 Å². The highest BCUT2D eigenvalue weighted by Gasteiger charge is 2.08. The molecule has 0 aliphatic rings. The van der Waals surface area contributed by atoms with Crippen LogP contribution in [0.5, 0.6) is 0 Å². The highest BCUT2D eigenvalue weighted by atomic mass is 35.5. The van der Waals surface area contributed by atoms with E-state index in [9.17, 15) is 8.78 Å². The molecule has 32 heavy (non-hydrogen) atoms. The molecule has 0 unspecified atom stereocenters. The van der Waals surface area contributed by atoms with Crippen molar-refractivity contribution in [3.8, 4) is 22.3 Å². The first kappa shape index (κ1) is 30.3. The second-order valence-electron chi connectivity index (χ2n) is 7.25. The zero-order chi connectivity index (χ0) is 20.6. The van der Waals surface area contributed by atoms with Crippen LogP contribution in [0, 0.1) is 11.6 Å². The molecule has 0 heterocycles. The molecular weight excluding hydrogens is 475 g/mol. The Kier molecular flexibility index (Phi) is 14.3. The molecule has 0 bridgehead atoms. The lowest BCUT2D eigenvalue weighted by molar-refractivity contribution is 0.531. The second kappa shape index (κ2) is 15.2. The van der Waals surface area contributed by atoms with Crippen LogP contribution in [0.2, 0.25) is 0 Å². The van der Waals surface area contributed by atoms with Crippen LogP contribution >= 0.6 is 37.2 Å². The minimum absolute atomic E-state index is 0. The van der Waals surface area contributed by atoms with E-state index in [0.717, 1.165) is 40.7 Å². The molecule has 8 heteroatoms. The molecule has 5 N–H and O–H groups in total. The maximum Gasteiger partial charge on any atom is 0.123 e. The van der Waals surface area contributed by atoms with Gasteiger partial charge >= 0.3 is 0 Å².